The maximum atomic E-state index is 13.3. The highest BCUT2D eigenvalue weighted by atomic mass is 79.9. The molecule has 2 aliphatic heterocycles. The quantitative estimate of drug-likeness (QED) is 0.420. The first-order chi connectivity index (χ1) is 16.8. The largest absolute Gasteiger partial charge is 0.405 e. The third kappa shape index (κ3) is 7.09. The van der Waals surface area contributed by atoms with E-state index in [4.69, 9.17) is 12.2 Å². The highest BCUT2D eigenvalue weighted by molar-refractivity contribution is 9.11. The molecule has 0 radical (unpaired) electrons. The van der Waals surface area contributed by atoms with Crippen molar-refractivity contribution < 1.29 is 9.59 Å². The lowest BCUT2D eigenvalue weighted by Gasteiger charge is -2.40. The van der Waals surface area contributed by atoms with E-state index >= 15 is 0 Å². The van der Waals surface area contributed by atoms with E-state index < -0.39 is 0 Å². The maximum Gasteiger partial charge on any atom is 0.225 e. The molecule has 35 heavy (non-hydrogen) atoms. The van der Waals surface area contributed by atoms with Gasteiger partial charge in [-0.2, -0.15) is 0 Å². The fraction of sp³-hybridized carbons (Fsp3) is 0.429. The van der Waals surface area contributed by atoms with E-state index in [-0.39, 0.29) is 23.8 Å². The number of likely N-dealkylation sites (tertiary alicyclic amines) is 2. The van der Waals surface area contributed by atoms with Gasteiger partial charge in [0, 0.05) is 48.6 Å². The molecule has 2 saturated heterocycles. The number of para-hydroxylation sites is 1. The lowest BCUT2D eigenvalue weighted by Crippen LogP contribution is -2.51. The first kappa shape index (κ1) is 26.8. The molecule has 6 nitrogen and oxygen atoms in total. The van der Waals surface area contributed by atoms with Gasteiger partial charge in [0.1, 0.15) is 0 Å². The molecule has 2 N–H and O–H groups in total. The van der Waals surface area contributed by atoms with Crippen molar-refractivity contribution in [2.45, 2.75) is 38.6 Å². The molecule has 1 aromatic carbocycles. The summed E-state index contributed by atoms with van der Waals surface area (Å²) in [5, 5.41) is 0. The first-order valence-electron chi connectivity index (χ1n) is 12.1. The number of carbonyl (C=O) groups is 2. The normalized spacial score (nSPS) is 18.4. The fourth-order valence-corrected chi connectivity index (χ4v) is 5.39. The van der Waals surface area contributed by atoms with E-state index in [0.717, 1.165) is 61.1 Å². The minimum absolute atomic E-state index is 0.0220. The Morgan fingerprint density at radius 2 is 1.86 bits per heavy atom. The summed E-state index contributed by atoms with van der Waals surface area (Å²) in [7, 11) is 0. The molecule has 0 unspecified atom stereocenters. The van der Waals surface area contributed by atoms with Crippen LogP contribution in [0.25, 0.3) is 0 Å². The van der Waals surface area contributed by atoms with E-state index in [2.05, 4.69) is 33.3 Å². The summed E-state index contributed by atoms with van der Waals surface area (Å²) in [5.41, 5.74) is 8.16. The molecular weight excluding hydrogens is 504 g/mol. The Labute approximate surface area is 217 Å². The Morgan fingerprint density at radius 1 is 1.20 bits per heavy atom. The van der Waals surface area contributed by atoms with Crippen molar-refractivity contribution >= 4 is 33.4 Å². The number of nitrogens with two attached hydrogens (primary N) is 1. The minimum Gasteiger partial charge on any atom is -0.405 e. The second-order valence-electron chi connectivity index (χ2n) is 9.18. The average Bonchev–Trinajstić information content (AvgIpc) is 2.84. The molecule has 3 rings (SSSR count). The van der Waals surface area contributed by atoms with Gasteiger partial charge in [0.25, 0.3) is 0 Å². The minimum atomic E-state index is -0.0220. The molecule has 7 heteroatoms. The number of anilines is 1. The Hall–Kier alpha value is -2.82. The summed E-state index contributed by atoms with van der Waals surface area (Å²) >= 11 is 3.38. The van der Waals surface area contributed by atoms with Crippen LogP contribution in [0.2, 0.25) is 0 Å². The van der Waals surface area contributed by atoms with Crippen LogP contribution in [0.4, 0.5) is 5.69 Å². The molecule has 0 aromatic heterocycles. The van der Waals surface area contributed by atoms with Gasteiger partial charge in [-0.05, 0) is 74.8 Å². The zero-order valence-electron chi connectivity index (χ0n) is 20.5. The van der Waals surface area contributed by atoms with Crippen LogP contribution in [-0.2, 0) is 9.59 Å². The number of terminal acetylenes is 1. The molecule has 0 aliphatic carbocycles. The summed E-state index contributed by atoms with van der Waals surface area (Å²) in [6.45, 7) is 9.30. The molecule has 2 aliphatic rings. The van der Waals surface area contributed by atoms with Crippen molar-refractivity contribution in [2.24, 2.45) is 11.7 Å². The van der Waals surface area contributed by atoms with Gasteiger partial charge in [-0.25, -0.2) is 0 Å². The van der Waals surface area contributed by atoms with Gasteiger partial charge in [0.2, 0.25) is 11.8 Å². The van der Waals surface area contributed by atoms with Crippen molar-refractivity contribution in [3.63, 3.8) is 0 Å². The summed E-state index contributed by atoms with van der Waals surface area (Å²) in [6, 6.07) is 7.58. The topological polar surface area (TPSA) is 69.9 Å². The predicted octanol–water partition coefficient (Wildman–Crippen LogP) is 4.03. The Bertz CT molecular complexity index is 1030. The van der Waals surface area contributed by atoms with Crippen LogP contribution in [0.5, 0.6) is 0 Å². The zero-order chi connectivity index (χ0) is 25.4. The monoisotopic (exact) mass is 538 g/mol. The Kier molecular flexibility index (Phi) is 9.76. The van der Waals surface area contributed by atoms with E-state index in [1.807, 2.05) is 46.2 Å². The molecule has 0 atom stereocenters. The number of hydrogen-bond donors (Lipinski definition) is 1. The van der Waals surface area contributed by atoms with Crippen molar-refractivity contribution in [3.05, 3.63) is 64.8 Å². The highest BCUT2D eigenvalue weighted by Crippen LogP contribution is 2.29. The second-order valence-corrected chi connectivity index (χ2v) is 10.2. The zero-order valence-corrected chi connectivity index (χ0v) is 22.0. The van der Waals surface area contributed by atoms with Gasteiger partial charge >= 0.3 is 0 Å². The van der Waals surface area contributed by atoms with E-state index in [1.165, 1.54) is 0 Å². The summed E-state index contributed by atoms with van der Waals surface area (Å²) in [4.78, 5) is 31.9. The maximum absolute atomic E-state index is 13.3. The molecule has 2 heterocycles. The van der Waals surface area contributed by atoms with Crippen LogP contribution in [-0.4, -0.2) is 60.4 Å². The van der Waals surface area contributed by atoms with Gasteiger partial charge in [-0.15, -0.1) is 6.42 Å². The van der Waals surface area contributed by atoms with Crippen LogP contribution in [0.1, 0.15) is 38.2 Å². The molecular formula is C28H35BrN4O2. The van der Waals surface area contributed by atoms with Gasteiger partial charge in [0.05, 0.1) is 5.69 Å². The van der Waals surface area contributed by atoms with Gasteiger partial charge in [0.15, 0.2) is 0 Å². The van der Waals surface area contributed by atoms with Crippen molar-refractivity contribution in [1.82, 2.24) is 9.80 Å². The van der Waals surface area contributed by atoms with Gasteiger partial charge in [-0.3, -0.25) is 14.5 Å². The molecule has 1 aromatic rings. The smallest absolute Gasteiger partial charge is 0.225 e. The number of nitrogens with zero attached hydrogens (tertiary/aromatic N) is 3. The molecule has 186 valence electrons. The van der Waals surface area contributed by atoms with Crippen LogP contribution >= 0.6 is 15.9 Å². The standard InChI is InChI=1S/C28H35BrN4O2/c1-4-24-7-5-6-8-27(24)33(22(3)34)26-12-17-32(18-13-26)28(35)25-10-15-31(16-11-25)20-23(9-14-30)19-21(2)29/h1,5-9,14,19,25-26H,2,10-13,15-18,20,30H2,3H3/b14-9-,23-19+. The Morgan fingerprint density at radius 3 is 2.43 bits per heavy atom. The number of allylic oxidation sites excluding steroid dienone is 2. The first-order valence-corrected chi connectivity index (χ1v) is 12.9. The van der Waals surface area contributed by atoms with Crippen LogP contribution in [0, 0.1) is 18.3 Å². The molecule has 0 saturated carbocycles. The molecule has 0 bridgehead atoms. The molecule has 0 spiro atoms. The van der Waals surface area contributed by atoms with Crippen LogP contribution < -0.4 is 10.6 Å². The summed E-state index contributed by atoms with van der Waals surface area (Å²) < 4.78 is 0.810. The van der Waals surface area contributed by atoms with E-state index in [0.29, 0.717) is 18.7 Å². The number of piperidine rings is 2. The summed E-state index contributed by atoms with van der Waals surface area (Å²) in [6.07, 6.45) is 14.3. The van der Waals surface area contributed by atoms with Crippen LogP contribution in [0.15, 0.2) is 59.3 Å². The number of halogens is 1. The van der Waals surface area contributed by atoms with Gasteiger partial charge in [-0.1, -0.05) is 40.6 Å². The average molecular weight is 540 g/mol. The fourth-order valence-electron chi connectivity index (χ4n) is 5.10. The predicted molar refractivity (Wildman–Crippen MR) is 146 cm³/mol. The number of amides is 2. The number of hydrogen-bond acceptors (Lipinski definition) is 4. The number of carbonyl (C=O) groups excluding carboxylic acids is 2. The number of benzene rings is 1. The van der Waals surface area contributed by atoms with Crippen molar-refractivity contribution in [2.75, 3.05) is 37.6 Å². The third-order valence-electron chi connectivity index (χ3n) is 6.79. The SMILES string of the molecule is C#Cc1ccccc1N(C(C)=O)C1CCN(C(=O)C2CCN(CC(/C=C\N)=C/C(=C)Br)CC2)CC1. The summed E-state index contributed by atoms with van der Waals surface area (Å²) in [5.74, 6) is 2.96. The number of rotatable bonds is 7. The van der Waals surface area contributed by atoms with E-state index in [1.54, 1.807) is 13.1 Å². The van der Waals surface area contributed by atoms with Crippen molar-refractivity contribution in [1.29, 1.82) is 0 Å². The second kappa shape index (κ2) is 12.8. The Balaban J connectivity index is 1.55. The highest BCUT2D eigenvalue weighted by Gasteiger charge is 2.33. The van der Waals surface area contributed by atoms with Gasteiger partial charge < -0.3 is 15.5 Å². The van der Waals surface area contributed by atoms with Crippen molar-refractivity contribution in [3.8, 4) is 12.3 Å². The molecule has 2 fully saturated rings. The third-order valence-corrected chi connectivity index (χ3v) is 7.02. The molecule has 2 amide bonds. The lowest BCUT2D eigenvalue weighted by atomic mass is 9.93. The lowest BCUT2D eigenvalue weighted by molar-refractivity contribution is -0.138. The van der Waals surface area contributed by atoms with Crippen LogP contribution in [0.3, 0.4) is 0 Å². The van der Waals surface area contributed by atoms with E-state index in [9.17, 15) is 9.59 Å².